The van der Waals surface area contributed by atoms with Crippen LogP contribution in [-0.2, 0) is 4.79 Å². The average Bonchev–Trinajstić information content (AvgIpc) is 3.35. The number of fused-ring (bicyclic) bond motifs is 1. The molecule has 6 nitrogen and oxygen atoms in total. The van der Waals surface area contributed by atoms with Crippen molar-refractivity contribution < 1.29 is 23.9 Å². The summed E-state index contributed by atoms with van der Waals surface area (Å²) in [6.07, 6.45) is -0.0926. The highest BCUT2D eigenvalue weighted by molar-refractivity contribution is 8.19. The minimum absolute atomic E-state index is 0.0269. The zero-order valence-electron chi connectivity index (χ0n) is 15.8. The van der Waals surface area contributed by atoms with Crippen LogP contribution in [0.25, 0.3) is 0 Å². The Kier molecular flexibility index (Phi) is 5.82. The van der Waals surface area contributed by atoms with Crippen molar-refractivity contribution in [1.82, 2.24) is 4.90 Å². The lowest BCUT2D eigenvalue weighted by molar-refractivity contribution is -0.134. The summed E-state index contributed by atoms with van der Waals surface area (Å²) in [4.78, 5) is 38.2. The van der Waals surface area contributed by atoms with Crippen LogP contribution in [0.4, 0.5) is 0 Å². The fourth-order valence-electron chi connectivity index (χ4n) is 3.28. The van der Waals surface area contributed by atoms with Crippen molar-refractivity contribution in [3.05, 3.63) is 59.2 Å². The molecule has 150 valence electrons. The number of nitrogens with zero attached hydrogens (tertiary/aromatic N) is 1. The molecule has 0 bridgehead atoms. The van der Waals surface area contributed by atoms with Gasteiger partial charge in [-0.3, -0.25) is 19.3 Å². The molecule has 2 aliphatic heterocycles. The number of thioether (sulfide) groups is 2. The maximum atomic E-state index is 12.4. The Morgan fingerprint density at radius 1 is 1.03 bits per heavy atom. The standard InChI is InChI=1S/C21H19NO5S2/c1-26-17-12-13(21-28-10-11-29-21)6-7-16(17)27-18(23)8-9-22-19(24)14-4-2-3-5-15(14)20(22)25/h2-7,12,21H,8-11H2,1H3. The second-order valence-corrected chi connectivity index (χ2v) is 9.24. The van der Waals surface area contributed by atoms with Crippen molar-refractivity contribution in [3.63, 3.8) is 0 Å². The molecule has 0 atom stereocenters. The summed E-state index contributed by atoms with van der Waals surface area (Å²) in [5.41, 5.74) is 1.86. The van der Waals surface area contributed by atoms with Crippen molar-refractivity contribution in [2.75, 3.05) is 25.2 Å². The minimum Gasteiger partial charge on any atom is -0.493 e. The topological polar surface area (TPSA) is 72.9 Å². The van der Waals surface area contributed by atoms with E-state index >= 15 is 0 Å². The van der Waals surface area contributed by atoms with E-state index < -0.39 is 5.97 Å². The van der Waals surface area contributed by atoms with Crippen molar-refractivity contribution in [2.45, 2.75) is 11.0 Å². The van der Waals surface area contributed by atoms with Crippen molar-refractivity contribution in [3.8, 4) is 11.5 Å². The van der Waals surface area contributed by atoms with Crippen LogP contribution < -0.4 is 9.47 Å². The Morgan fingerprint density at radius 3 is 2.31 bits per heavy atom. The number of benzene rings is 2. The van der Waals surface area contributed by atoms with Crippen molar-refractivity contribution in [2.24, 2.45) is 0 Å². The summed E-state index contributed by atoms with van der Waals surface area (Å²) in [6.45, 7) is -0.0269. The molecular weight excluding hydrogens is 410 g/mol. The molecule has 0 aromatic heterocycles. The van der Waals surface area contributed by atoms with Gasteiger partial charge in [0, 0.05) is 18.1 Å². The first-order chi connectivity index (χ1) is 14.1. The SMILES string of the molecule is COc1cc(C2SCCS2)ccc1OC(=O)CCN1C(=O)c2ccccc2C1=O. The van der Waals surface area contributed by atoms with Gasteiger partial charge in [0.25, 0.3) is 11.8 Å². The summed E-state index contributed by atoms with van der Waals surface area (Å²) >= 11 is 3.76. The third-order valence-corrected chi connectivity index (χ3v) is 7.83. The lowest BCUT2D eigenvalue weighted by atomic mass is 10.1. The second kappa shape index (κ2) is 8.51. The van der Waals surface area contributed by atoms with Gasteiger partial charge in [0.15, 0.2) is 11.5 Å². The number of carbonyl (C=O) groups excluding carboxylic acids is 3. The van der Waals surface area contributed by atoms with Crippen LogP contribution in [0.15, 0.2) is 42.5 Å². The smallest absolute Gasteiger partial charge is 0.313 e. The molecule has 2 heterocycles. The Hall–Kier alpha value is -2.45. The number of methoxy groups -OCH3 is 1. The molecule has 2 aliphatic rings. The Labute approximate surface area is 176 Å². The zero-order chi connectivity index (χ0) is 20.4. The van der Waals surface area contributed by atoms with Crippen LogP contribution in [0.1, 0.15) is 37.3 Å². The lowest BCUT2D eigenvalue weighted by Crippen LogP contribution is -2.32. The molecule has 29 heavy (non-hydrogen) atoms. The highest BCUT2D eigenvalue weighted by Crippen LogP contribution is 2.47. The van der Waals surface area contributed by atoms with Gasteiger partial charge in [0.1, 0.15) is 0 Å². The molecule has 2 amide bonds. The Bertz CT molecular complexity index is 936. The number of carbonyl (C=O) groups is 3. The third kappa shape index (κ3) is 4.00. The van der Waals surface area contributed by atoms with Gasteiger partial charge in [-0.15, -0.1) is 23.5 Å². The lowest BCUT2D eigenvalue weighted by Gasteiger charge is -2.15. The van der Waals surface area contributed by atoms with Crippen LogP contribution in [-0.4, -0.2) is 47.8 Å². The molecule has 2 aromatic rings. The maximum absolute atomic E-state index is 12.4. The molecule has 0 saturated carbocycles. The summed E-state index contributed by atoms with van der Waals surface area (Å²) in [5.74, 6) is 1.76. The van der Waals surface area contributed by atoms with E-state index in [1.165, 1.54) is 7.11 Å². The van der Waals surface area contributed by atoms with Gasteiger partial charge < -0.3 is 9.47 Å². The number of esters is 1. The zero-order valence-corrected chi connectivity index (χ0v) is 17.4. The van der Waals surface area contributed by atoms with E-state index in [2.05, 4.69) is 0 Å². The molecule has 0 aliphatic carbocycles. The summed E-state index contributed by atoms with van der Waals surface area (Å²) < 4.78 is 11.2. The van der Waals surface area contributed by atoms with Gasteiger partial charge in [-0.1, -0.05) is 18.2 Å². The van der Waals surface area contributed by atoms with Crippen LogP contribution in [0.2, 0.25) is 0 Å². The Morgan fingerprint density at radius 2 is 1.69 bits per heavy atom. The molecule has 0 N–H and O–H groups in total. The van der Waals surface area contributed by atoms with E-state index in [1.54, 1.807) is 30.3 Å². The first-order valence-corrected chi connectivity index (χ1v) is 11.3. The summed E-state index contributed by atoms with van der Waals surface area (Å²) in [6, 6.07) is 12.2. The van der Waals surface area contributed by atoms with E-state index in [0.717, 1.165) is 22.0 Å². The minimum atomic E-state index is -0.530. The molecular formula is C21H19NO5S2. The Balaban J connectivity index is 1.39. The van der Waals surface area contributed by atoms with Crippen LogP contribution in [0.5, 0.6) is 11.5 Å². The highest BCUT2D eigenvalue weighted by Gasteiger charge is 2.35. The molecule has 2 aromatic carbocycles. The number of imide groups is 1. The number of hydrogen-bond donors (Lipinski definition) is 0. The molecule has 0 radical (unpaired) electrons. The van der Waals surface area contributed by atoms with Gasteiger partial charge in [-0.25, -0.2) is 0 Å². The maximum Gasteiger partial charge on any atom is 0.313 e. The largest absolute Gasteiger partial charge is 0.493 e. The first kappa shape index (κ1) is 19.8. The fourth-order valence-corrected chi connectivity index (χ4v) is 6.12. The monoisotopic (exact) mass is 429 g/mol. The van der Waals surface area contributed by atoms with Gasteiger partial charge in [-0.05, 0) is 29.8 Å². The van der Waals surface area contributed by atoms with Crippen molar-refractivity contribution in [1.29, 1.82) is 0 Å². The molecule has 4 rings (SSSR count). The molecule has 0 spiro atoms. The van der Waals surface area contributed by atoms with Crippen molar-refractivity contribution >= 4 is 41.3 Å². The number of hydrogen-bond acceptors (Lipinski definition) is 7. The molecule has 8 heteroatoms. The third-order valence-electron chi connectivity index (χ3n) is 4.72. The van der Waals surface area contributed by atoms with E-state index in [4.69, 9.17) is 9.47 Å². The molecule has 0 unspecified atom stereocenters. The van der Waals surface area contributed by atoms with E-state index in [1.807, 2.05) is 35.7 Å². The van der Waals surface area contributed by atoms with Gasteiger partial charge in [0.05, 0.1) is 29.2 Å². The quantitative estimate of drug-likeness (QED) is 0.393. The first-order valence-electron chi connectivity index (χ1n) is 9.15. The predicted octanol–water partition coefficient (Wildman–Crippen LogP) is 3.77. The molecule has 1 saturated heterocycles. The van der Waals surface area contributed by atoms with Crippen LogP contribution in [0.3, 0.4) is 0 Å². The van der Waals surface area contributed by atoms with Gasteiger partial charge in [0.2, 0.25) is 0 Å². The van der Waals surface area contributed by atoms with Crippen LogP contribution in [0, 0.1) is 0 Å². The van der Waals surface area contributed by atoms with Crippen LogP contribution >= 0.6 is 23.5 Å². The van der Waals surface area contributed by atoms with E-state index in [0.29, 0.717) is 27.2 Å². The highest BCUT2D eigenvalue weighted by atomic mass is 32.2. The predicted molar refractivity (Wildman–Crippen MR) is 113 cm³/mol. The average molecular weight is 430 g/mol. The summed E-state index contributed by atoms with van der Waals surface area (Å²) in [7, 11) is 1.53. The summed E-state index contributed by atoms with van der Waals surface area (Å²) in [5, 5.41) is 0. The van der Waals surface area contributed by atoms with E-state index in [-0.39, 0.29) is 24.8 Å². The number of amides is 2. The number of rotatable bonds is 6. The molecule has 1 fully saturated rings. The second-order valence-electron chi connectivity index (χ2n) is 6.52. The number of ether oxygens (including phenoxy) is 2. The van der Waals surface area contributed by atoms with Gasteiger partial charge in [-0.2, -0.15) is 0 Å². The van der Waals surface area contributed by atoms with E-state index in [9.17, 15) is 14.4 Å². The fraction of sp³-hybridized carbons (Fsp3) is 0.286. The van der Waals surface area contributed by atoms with Gasteiger partial charge >= 0.3 is 5.97 Å². The normalized spacial score (nSPS) is 16.2.